The first-order chi connectivity index (χ1) is 15.6. The molecule has 4 rings (SSSR count). The number of hydrogen-bond donors (Lipinski definition) is 2. The van der Waals surface area contributed by atoms with Crippen LogP contribution in [0.4, 0.5) is 14.5 Å². The quantitative estimate of drug-likeness (QED) is 0.435. The van der Waals surface area contributed by atoms with Gasteiger partial charge in [-0.05, 0) is 42.3 Å². The number of alkyl halides is 2. The van der Waals surface area contributed by atoms with Crippen molar-refractivity contribution in [3.05, 3.63) is 72.6 Å². The average molecular weight is 440 g/mol. The Balaban J connectivity index is 1.30. The minimum absolute atomic E-state index is 0.142. The van der Waals surface area contributed by atoms with Gasteiger partial charge in [-0.2, -0.15) is 13.9 Å². The maximum Gasteiger partial charge on any atom is 0.387 e. The second-order valence-electron chi connectivity index (χ2n) is 7.47. The van der Waals surface area contributed by atoms with E-state index in [2.05, 4.69) is 42.5 Å². The first-order valence-corrected chi connectivity index (χ1v) is 10.5. The van der Waals surface area contributed by atoms with E-state index in [1.807, 2.05) is 35.1 Å². The Labute approximate surface area is 185 Å². The van der Waals surface area contributed by atoms with Crippen LogP contribution in [0, 0.1) is 0 Å². The Hall–Kier alpha value is -3.62. The van der Waals surface area contributed by atoms with Crippen LogP contribution in [0.2, 0.25) is 0 Å². The van der Waals surface area contributed by atoms with E-state index in [9.17, 15) is 8.78 Å². The molecule has 0 radical (unpaired) electrons. The largest absolute Gasteiger partial charge is 0.433 e. The van der Waals surface area contributed by atoms with Gasteiger partial charge in [0.1, 0.15) is 5.75 Å². The summed E-state index contributed by atoms with van der Waals surface area (Å²) in [6, 6.07) is 17.1. The molecule has 1 aliphatic rings. The molecule has 168 valence electrons. The number of rotatable bonds is 7. The maximum absolute atomic E-state index is 12.7. The number of aromatic nitrogens is 2. The molecule has 0 spiro atoms. The summed E-state index contributed by atoms with van der Waals surface area (Å²) >= 11 is 0. The van der Waals surface area contributed by atoms with E-state index in [4.69, 9.17) is 0 Å². The van der Waals surface area contributed by atoms with Crippen molar-refractivity contribution in [2.45, 2.75) is 25.6 Å². The van der Waals surface area contributed by atoms with Gasteiger partial charge in [-0.1, -0.05) is 24.3 Å². The lowest BCUT2D eigenvalue weighted by Crippen LogP contribution is -2.44. The lowest BCUT2D eigenvalue weighted by molar-refractivity contribution is -0.0495. The fourth-order valence-electron chi connectivity index (χ4n) is 3.77. The minimum Gasteiger partial charge on any atom is -0.433 e. The number of nitrogens with zero attached hydrogens (tertiary/aromatic N) is 4. The van der Waals surface area contributed by atoms with Crippen molar-refractivity contribution >= 4 is 11.6 Å². The average Bonchev–Trinajstić information content (AvgIpc) is 3.49. The molecule has 0 bridgehead atoms. The Morgan fingerprint density at radius 3 is 2.72 bits per heavy atom. The highest BCUT2D eigenvalue weighted by atomic mass is 19.3. The van der Waals surface area contributed by atoms with Crippen LogP contribution < -0.4 is 20.3 Å². The molecule has 32 heavy (non-hydrogen) atoms. The lowest BCUT2D eigenvalue weighted by Gasteiger charge is -2.22. The van der Waals surface area contributed by atoms with Gasteiger partial charge in [-0.25, -0.2) is 4.68 Å². The van der Waals surface area contributed by atoms with Crippen molar-refractivity contribution in [2.24, 2.45) is 4.99 Å². The second kappa shape index (κ2) is 10.1. The number of anilines is 1. The zero-order valence-corrected chi connectivity index (χ0v) is 17.8. The molecule has 0 aliphatic carbocycles. The summed E-state index contributed by atoms with van der Waals surface area (Å²) in [5.41, 5.74) is 2.80. The summed E-state index contributed by atoms with van der Waals surface area (Å²) < 4.78 is 31.9. The molecule has 2 N–H and O–H groups in total. The highest BCUT2D eigenvalue weighted by Crippen LogP contribution is 2.31. The van der Waals surface area contributed by atoms with Crippen LogP contribution in [0.15, 0.2) is 72.0 Å². The third-order valence-corrected chi connectivity index (χ3v) is 5.34. The molecule has 2 aromatic carbocycles. The van der Waals surface area contributed by atoms with Crippen LogP contribution in [0.1, 0.15) is 12.0 Å². The second-order valence-corrected chi connectivity index (χ2v) is 7.47. The van der Waals surface area contributed by atoms with E-state index >= 15 is 0 Å². The van der Waals surface area contributed by atoms with Crippen molar-refractivity contribution < 1.29 is 13.5 Å². The van der Waals surface area contributed by atoms with Crippen LogP contribution in [0.5, 0.6) is 5.75 Å². The highest BCUT2D eigenvalue weighted by molar-refractivity contribution is 5.80. The molecular weight excluding hydrogens is 414 g/mol. The van der Waals surface area contributed by atoms with Gasteiger partial charge in [-0.3, -0.25) is 4.99 Å². The fraction of sp³-hybridized carbons (Fsp3) is 0.304. The van der Waals surface area contributed by atoms with E-state index in [0.29, 0.717) is 24.7 Å². The molecule has 1 unspecified atom stereocenters. The molecule has 3 aromatic rings. The Bertz CT molecular complexity index is 1020. The molecule has 0 amide bonds. The number of guanidine groups is 1. The van der Waals surface area contributed by atoms with Crippen molar-refractivity contribution in [1.82, 2.24) is 20.4 Å². The SMILES string of the molecule is CN=C(NCc1ccc(-n2cccn2)cc1)NC1CCN(c2ccccc2OC(F)F)C1. The number of para-hydroxylation sites is 2. The van der Waals surface area contributed by atoms with Crippen LogP contribution in [-0.4, -0.2) is 48.5 Å². The molecule has 1 saturated heterocycles. The van der Waals surface area contributed by atoms with Crippen molar-refractivity contribution in [2.75, 3.05) is 25.0 Å². The van der Waals surface area contributed by atoms with Gasteiger partial charge in [0.05, 0.1) is 11.4 Å². The molecule has 0 saturated carbocycles. The first kappa shape index (κ1) is 21.6. The molecule has 1 atom stereocenters. The van der Waals surface area contributed by atoms with Gasteiger partial charge < -0.3 is 20.3 Å². The van der Waals surface area contributed by atoms with E-state index in [1.165, 1.54) is 0 Å². The molecule has 2 heterocycles. The minimum atomic E-state index is -2.84. The zero-order valence-electron chi connectivity index (χ0n) is 17.8. The zero-order chi connectivity index (χ0) is 22.3. The van der Waals surface area contributed by atoms with Crippen LogP contribution in [0.25, 0.3) is 5.69 Å². The van der Waals surface area contributed by atoms with Gasteiger partial charge in [-0.15, -0.1) is 0 Å². The van der Waals surface area contributed by atoms with Crippen LogP contribution >= 0.6 is 0 Å². The predicted octanol–water partition coefficient (Wildman–Crippen LogP) is 3.42. The van der Waals surface area contributed by atoms with Crippen molar-refractivity contribution in [3.8, 4) is 11.4 Å². The summed E-state index contributed by atoms with van der Waals surface area (Å²) in [4.78, 5) is 6.37. The van der Waals surface area contributed by atoms with E-state index in [-0.39, 0.29) is 11.8 Å². The number of nitrogens with one attached hydrogen (secondary N) is 2. The van der Waals surface area contributed by atoms with Gasteiger partial charge in [0.2, 0.25) is 0 Å². The van der Waals surface area contributed by atoms with Gasteiger partial charge in [0.15, 0.2) is 5.96 Å². The highest BCUT2D eigenvalue weighted by Gasteiger charge is 2.26. The predicted molar refractivity (Wildman–Crippen MR) is 121 cm³/mol. The number of aliphatic imine (C=N–C) groups is 1. The fourth-order valence-corrected chi connectivity index (χ4v) is 3.77. The number of halogens is 2. The van der Waals surface area contributed by atoms with E-state index < -0.39 is 6.61 Å². The van der Waals surface area contributed by atoms with Gasteiger partial charge >= 0.3 is 6.61 Å². The smallest absolute Gasteiger partial charge is 0.387 e. The summed E-state index contributed by atoms with van der Waals surface area (Å²) in [6.07, 6.45) is 4.52. The van der Waals surface area contributed by atoms with E-state index in [0.717, 1.165) is 24.2 Å². The van der Waals surface area contributed by atoms with Crippen molar-refractivity contribution in [3.63, 3.8) is 0 Å². The molecule has 1 aliphatic heterocycles. The summed E-state index contributed by atoms with van der Waals surface area (Å²) in [5.74, 6) is 0.898. The Kier molecular flexibility index (Phi) is 6.84. The van der Waals surface area contributed by atoms with Crippen molar-refractivity contribution in [1.29, 1.82) is 0 Å². The molecule has 9 heteroatoms. The Morgan fingerprint density at radius 2 is 2.00 bits per heavy atom. The lowest BCUT2D eigenvalue weighted by atomic mass is 10.2. The van der Waals surface area contributed by atoms with Crippen LogP contribution in [0.3, 0.4) is 0 Å². The maximum atomic E-state index is 12.7. The Morgan fingerprint density at radius 1 is 1.19 bits per heavy atom. The standard InChI is InChI=1S/C23H26F2N6O/c1-26-23(27-15-17-7-9-19(10-8-17)31-13-4-12-28-31)29-18-11-14-30(16-18)20-5-2-3-6-21(20)32-22(24)25/h2-10,12-13,18,22H,11,14-16H2,1H3,(H2,26,27,29). The molecule has 7 nitrogen and oxygen atoms in total. The number of hydrogen-bond acceptors (Lipinski definition) is 4. The van der Waals surface area contributed by atoms with Crippen LogP contribution in [-0.2, 0) is 6.54 Å². The summed E-state index contributed by atoms with van der Waals surface area (Å²) in [7, 11) is 1.73. The number of ether oxygens (including phenoxy) is 1. The summed E-state index contributed by atoms with van der Waals surface area (Å²) in [6.45, 7) is -0.805. The van der Waals surface area contributed by atoms with Gasteiger partial charge in [0.25, 0.3) is 0 Å². The third-order valence-electron chi connectivity index (χ3n) is 5.34. The van der Waals surface area contributed by atoms with E-state index in [1.54, 1.807) is 31.4 Å². The number of benzene rings is 2. The first-order valence-electron chi connectivity index (χ1n) is 10.5. The monoisotopic (exact) mass is 440 g/mol. The molecular formula is C23H26F2N6O. The topological polar surface area (TPSA) is 66.7 Å². The third kappa shape index (κ3) is 5.35. The van der Waals surface area contributed by atoms with Gasteiger partial charge in [0, 0.05) is 45.1 Å². The molecule has 1 fully saturated rings. The normalized spacial score (nSPS) is 16.4. The summed E-state index contributed by atoms with van der Waals surface area (Å²) in [5, 5.41) is 11.0. The molecule has 1 aromatic heterocycles.